The minimum atomic E-state index is -4.66. The van der Waals surface area contributed by atoms with Crippen LogP contribution in [0, 0.1) is 0 Å². The molecule has 1 aromatic carbocycles. The Morgan fingerprint density at radius 1 is 1.05 bits per heavy atom. The van der Waals surface area contributed by atoms with Crippen LogP contribution in [0.5, 0.6) is 11.6 Å². The van der Waals surface area contributed by atoms with Crippen molar-refractivity contribution in [3.8, 4) is 11.6 Å². The first-order valence-corrected chi connectivity index (χ1v) is 6.43. The molecule has 0 spiro atoms. The van der Waals surface area contributed by atoms with Crippen molar-refractivity contribution in [3.05, 3.63) is 41.2 Å². The fraction of sp³-hybridized carbons (Fsp3) is 0.286. The largest absolute Gasteiger partial charge is 0.451 e. The smallest absolute Gasteiger partial charge is 0.439 e. The lowest BCUT2D eigenvalue weighted by Gasteiger charge is -2.10. The third-order valence-electron chi connectivity index (χ3n) is 3.27. The van der Waals surface area contributed by atoms with Gasteiger partial charge in [-0.1, -0.05) is 6.07 Å². The summed E-state index contributed by atoms with van der Waals surface area (Å²) in [6.45, 7) is 0. The van der Waals surface area contributed by atoms with Crippen LogP contribution < -0.4 is 10.5 Å². The van der Waals surface area contributed by atoms with E-state index in [2.05, 4.69) is 9.97 Å². The van der Waals surface area contributed by atoms with E-state index in [0.29, 0.717) is 5.75 Å². The number of nitrogens with zero attached hydrogens (tertiary/aromatic N) is 2. The lowest BCUT2D eigenvalue weighted by molar-refractivity contribution is -0.145. The molecule has 1 aliphatic rings. The second-order valence-electron chi connectivity index (χ2n) is 4.84. The van der Waals surface area contributed by atoms with E-state index in [-0.39, 0.29) is 11.7 Å². The van der Waals surface area contributed by atoms with Crippen LogP contribution >= 0.6 is 0 Å². The van der Waals surface area contributed by atoms with Crippen molar-refractivity contribution in [1.82, 2.24) is 9.97 Å². The Morgan fingerprint density at radius 3 is 2.57 bits per heavy atom. The third-order valence-corrected chi connectivity index (χ3v) is 3.27. The van der Waals surface area contributed by atoms with Gasteiger partial charge in [0.05, 0.1) is 0 Å². The summed E-state index contributed by atoms with van der Waals surface area (Å²) < 4.78 is 43.3. The van der Waals surface area contributed by atoms with Gasteiger partial charge in [0.15, 0.2) is 0 Å². The van der Waals surface area contributed by atoms with E-state index in [4.69, 9.17) is 10.5 Å². The summed E-state index contributed by atoms with van der Waals surface area (Å²) in [4.78, 5) is 6.52. The number of ether oxygens (including phenoxy) is 1. The zero-order valence-corrected chi connectivity index (χ0v) is 10.9. The molecule has 0 unspecified atom stereocenters. The highest BCUT2D eigenvalue weighted by molar-refractivity contribution is 5.41. The predicted molar refractivity (Wildman–Crippen MR) is 70.0 cm³/mol. The first-order valence-electron chi connectivity index (χ1n) is 6.43. The summed E-state index contributed by atoms with van der Waals surface area (Å²) in [6, 6.07) is 6.64. The lowest BCUT2D eigenvalue weighted by atomic mass is 10.1. The summed E-state index contributed by atoms with van der Waals surface area (Å²) in [5.41, 5.74) is 7.78. The third kappa shape index (κ3) is 2.91. The molecule has 2 aromatic rings. The summed E-state index contributed by atoms with van der Waals surface area (Å²) in [6.07, 6.45) is -1.61. The van der Waals surface area contributed by atoms with E-state index in [0.717, 1.165) is 24.8 Å². The van der Waals surface area contributed by atoms with E-state index >= 15 is 0 Å². The molecule has 4 nitrogen and oxygen atoms in total. The van der Waals surface area contributed by atoms with Gasteiger partial charge in [-0.3, -0.25) is 0 Å². The predicted octanol–water partition coefficient (Wildman–Crippen LogP) is 3.36. The van der Waals surface area contributed by atoms with Crippen LogP contribution in [0.4, 0.5) is 19.0 Å². The van der Waals surface area contributed by atoms with Gasteiger partial charge < -0.3 is 10.5 Å². The molecule has 7 heteroatoms. The number of nitrogens with two attached hydrogens (primary N) is 1. The van der Waals surface area contributed by atoms with E-state index in [9.17, 15) is 13.2 Å². The Kier molecular flexibility index (Phi) is 3.19. The number of hydrogen-bond donors (Lipinski definition) is 1. The highest BCUT2D eigenvalue weighted by Crippen LogP contribution is 2.31. The molecule has 0 aliphatic heterocycles. The van der Waals surface area contributed by atoms with Crippen LogP contribution in [0.15, 0.2) is 24.3 Å². The number of halogens is 3. The van der Waals surface area contributed by atoms with Crippen LogP contribution in [-0.4, -0.2) is 9.97 Å². The molecule has 110 valence electrons. The number of anilines is 1. The Labute approximate surface area is 118 Å². The quantitative estimate of drug-likeness (QED) is 0.923. The lowest BCUT2D eigenvalue weighted by Crippen LogP contribution is -2.12. The number of aromatic nitrogens is 2. The van der Waals surface area contributed by atoms with E-state index in [1.54, 1.807) is 6.07 Å². The van der Waals surface area contributed by atoms with Crippen LogP contribution in [0.1, 0.15) is 23.4 Å². The molecule has 3 rings (SSSR count). The minimum Gasteiger partial charge on any atom is -0.439 e. The Morgan fingerprint density at radius 2 is 1.81 bits per heavy atom. The fourth-order valence-corrected chi connectivity index (χ4v) is 2.35. The van der Waals surface area contributed by atoms with Gasteiger partial charge in [-0.15, -0.1) is 0 Å². The average Bonchev–Trinajstić information content (AvgIpc) is 2.84. The second-order valence-corrected chi connectivity index (χ2v) is 4.84. The van der Waals surface area contributed by atoms with Gasteiger partial charge in [0, 0.05) is 6.07 Å². The van der Waals surface area contributed by atoms with Gasteiger partial charge in [-0.05, 0) is 42.5 Å². The number of nitrogen functional groups attached to an aromatic ring is 1. The number of hydrogen-bond acceptors (Lipinski definition) is 4. The number of fused-ring (bicyclic) bond motifs is 1. The topological polar surface area (TPSA) is 61.0 Å². The first-order chi connectivity index (χ1) is 9.91. The molecule has 1 aromatic heterocycles. The van der Waals surface area contributed by atoms with Crippen molar-refractivity contribution in [2.45, 2.75) is 25.4 Å². The molecule has 0 atom stereocenters. The summed E-state index contributed by atoms with van der Waals surface area (Å²) >= 11 is 0. The van der Waals surface area contributed by atoms with Gasteiger partial charge in [0.25, 0.3) is 0 Å². The Bertz CT molecular complexity index is 686. The van der Waals surface area contributed by atoms with Gasteiger partial charge >= 0.3 is 6.18 Å². The zero-order valence-electron chi connectivity index (χ0n) is 10.9. The number of benzene rings is 1. The van der Waals surface area contributed by atoms with Crippen molar-refractivity contribution in [1.29, 1.82) is 0 Å². The van der Waals surface area contributed by atoms with Gasteiger partial charge in [-0.25, -0.2) is 4.98 Å². The van der Waals surface area contributed by atoms with E-state index in [1.807, 2.05) is 12.1 Å². The molecule has 21 heavy (non-hydrogen) atoms. The van der Waals surface area contributed by atoms with Crippen molar-refractivity contribution in [2.24, 2.45) is 0 Å². The molecule has 0 saturated heterocycles. The Balaban J connectivity index is 1.89. The summed E-state index contributed by atoms with van der Waals surface area (Å²) in [7, 11) is 0. The van der Waals surface area contributed by atoms with Crippen molar-refractivity contribution >= 4 is 5.82 Å². The molecule has 0 bridgehead atoms. The maximum atomic E-state index is 12.6. The van der Waals surface area contributed by atoms with Crippen LogP contribution in [0.3, 0.4) is 0 Å². The number of rotatable bonds is 2. The molecule has 0 fully saturated rings. The normalized spacial score (nSPS) is 14.0. The SMILES string of the molecule is Nc1cc(Oc2ccc3c(c2)CCC3)nc(C(F)(F)F)n1. The standard InChI is InChI=1S/C14H12F3N3O/c15-14(16,17)13-19-11(18)7-12(20-13)21-10-5-4-8-2-1-3-9(8)6-10/h4-7H,1-3H2,(H2,18,19,20). The van der Waals surface area contributed by atoms with Crippen molar-refractivity contribution < 1.29 is 17.9 Å². The molecule has 0 radical (unpaired) electrons. The van der Waals surface area contributed by atoms with Crippen molar-refractivity contribution in [2.75, 3.05) is 5.73 Å². The monoisotopic (exact) mass is 295 g/mol. The fourth-order valence-electron chi connectivity index (χ4n) is 2.35. The summed E-state index contributed by atoms with van der Waals surface area (Å²) in [5, 5.41) is 0. The molecule has 2 N–H and O–H groups in total. The molecule has 1 heterocycles. The van der Waals surface area contributed by atoms with E-state index < -0.39 is 12.0 Å². The molecule has 0 saturated carbocycles. The van der Waals surface area contributed by atoms with Crippen molar-refractivity contribution in [3.63, 3.8) is 0 Å². The number of aryl methyl sites for hydroxylation is 2. The minimum absolute atomic E-state index is 0.215. The first kappa shape index (κ1) is 13.7. The van der Waals surface area contributed by atoms with Gasteiger partial charge in [0.1, 0.15) is 11.6 Å². The van der Waals surface area contributed by atoms with Gasteiger partial charge in [-0.2, -0.15) is 18.2 Å². The summed E-state index contributed by atoms with van der Waals surface area (Å²) in [5.74, 6) is -1.36. The zero-order chi connectivity index (χ0) is 15.0. The highest BCUT2D eigenvalue weighted by atomic mass is 19.4. The molecular formula is C14H12F3N3O. The molecular weight excluding hydrogens is 283 g/mol. The number of alkyl halides is 3. The van der Waals surface area contributed by atoms with Crippen LogP contribution in [0.2, 0.25) is 0 Å². The second kappa shape index (κ2) is 4.91. The molecule has 1 aliphatic carbocycles. The molecule has 0 amide bonds. The van der Waals surface area contributed by atoms with Gasteiger partial charge in [0.2, 0.25) is 11.7 Å². The Hall–Kier alpha value is -2.31. The maximum absolute atomic E-state index is 12.6. The van der Waals surface area contributed by atoms with Crippen LogP contribution in [0.25, 0.3) is 0 Å². The van der Waals surface area contributed by atoms with Crippen LogP contribution in [-0.2, 0) is 19.0 Å². The van der Waals surface area contributed by atoms with E-state index in [1.165, 1.54) is 11.6 Å². The highest BCUT2D eigenvalue weighted by Gasteiger charge is 2.35. The maximum Gasteiger partial charge on any atom is 0.451 e. The average molecular weight is 295 g/mol.